The average molecular weight is 447 g/mol. The van der Waals surface area contributed by atoms with E-state index in [0.717, 1.165) is 26.0 Å². The van der Waals surface area contributed by atoms with E-state index in [1.165, 1.54) is 11.3 Å². The van der Waals surface area contributed by atoms with Gasteiger partial charge >= 0.3 is 0 Å². The Morgan fingerprint density at radius 3 is 2.62 bits per heavy atom. The van der Waals surface area contributed by atoms with Gasteiger partial charge in [-0.3, -0.25) is 4.79 Å². The van der Waals surface area contributed by atoms with E-state index in [2.05, 4.69) is 0 Å². The molecule has 3 heterocycles. The van der Waals surface area contributed by atoms with Gasteiger partial charge in [0.1, 0.15) is 5.01 Å². The molecule has 0 saturated carbocycles. The van der Waals surface area contributed by atoms with Crippen LogP contribution in [-0.4, -0.2) is 48.3 Å². The molecule has 1 aliphatic rings. The number of benzene rings is 1. The summed E-state index contributed by atoms with van der Waals surface area (Å²) in [6, 6.07) is 13.7. The molecule has 152 valence electrons. The first-order valence-corrected chi connectivity index (χ1v) is 13.1. The highest BCUT2D eigenvalue weighted by atomic mass is 32.2. The predicted octanol–water partition coefficient (Wildman–Crippen LogP) is 4.12. The molecule has 1 atom stereocenters. The topological polar surface area (TPSA) is 67.3 Å². The van der Waals surface area contributed by atoms with Gasteiger partial charge in [0.25, 0.3) is 0 Å². The Hall–Kier alpha value is -2.03. The van der Waals surface area contributed by atoms with Crippen molar-refractivity contribution in [1.29, 1.82) is 0 Å². The van der Waals surface area contributed by atoms with Gasteiger partial charge in [0.05, 0.1) is 28.5 Å². The molecule has 4 rings (SSSR count). The van der Waals surface area contributed by atoms with Crippen LogP contribution in [0.3, 0.4) is 0 Å². The van der Waals surface area contributed by atoms with Crippen molar-refractivity contribution < 1.29 is 13.2 Å². The molecule has 1 saturated heterocycles. The number of thiophene rings is 1. The van der Waals surface area contributed by atoms with Gasteiger partial charge in [-0.15, -0.1) is 22.7 Å². The number of aromatic nitrogens is 1. The van der Waals surface area contributed by atoms with Crippen LogP contribution in [0.25, 0.3) is 21.1 Å². The van der Waals surface area contributed by atoms with Crippen molar-refractivity contribution in [1.82, 2.24) is 9.88 Å². The lowest BCUT2D eigenvalue weighted by Crippen LogP contribution is -2.41. The number of likely N-dealkylation sites (N-methyl/N-ethyl adjacent to an activating group) is 1. The number of sulfone groups is 1. The zero-order chi connectivity index (χ0) is 20.4. The number of carbonyl (C=O) groups excluding carboxylic acids is 1. The zero-order valence-corrected chi connectivity index (χ0v) is 18.5. The van der Waals surface area contributed by atoms with Gasteiger partial charge in [0.15, 0.2) is 9.84 Å². The summed E-state index contributed by atoms with van der Waals surface area (Å²) in [6.45, 7) is 2.42. The third-order valence-electron chi connectivity index (χ3n) is 5.09. The molecule has 0 spiro atoms. The van der Waals surface area contributed by atoms with Crippen LogP contribution in [-0.2, 0) is 21.1 Å². The minimum absolute atomic E-state index is 0.0318. The quantitative estimate of drug-likeness (QED) is 0.571. The SMILES string of the molecule is CCN(C(=O)Cc1sc(-c2ccccc2)nc1-c1cccs1)C1CCS(=O)(=O)C1. The molecule has 0 N–H and O–H groups in total. The highest BCUT2D eigenvalue weighted by Crippen LogP contribution is 2.36. The van der Waals surface area contributed by atoms with Gasteiger partial charge in [-0.1, -0.05) is 36.4 Å². The number of thiazole rings is 1. The Morgan fingerprint density at radius 1 is 1.21 bits per heavy atom. The summed E-state index contributed by atoms with van der Waals surface area (Å²) >= 11 is 3.14. The molecule has 0 aliphatic carbocycles. The van der Waals surface area contributed by atoms with E-state index in [-0.39, 0.29) is 29.9 Å². The van der Waals surface area contributed by atoms with E-state index in [9.17, 15) is 13.2 Å². The van der Waals surface area contributed by atoms with Gasteiger partial charge in [-0.05, 0) is 24.8 Å². The summed E-state index contributed by atoms with van der Waals surface area (Å²) in [5.74, 6) is 0.207. The van der Waals surface area contributed by atoms with Crippen LogP contribution < -0.4 is 0 Å². The fourth-order valence-corrected chi connectivity index (χ4v) is 7.29. The summed E-state index contributed by atoms with van der Waals surface area (Å²) in [5, 5.41) is 2.90. The molecule has 3 aromatic rings. The first-order valence-electron chi connectivity index (χ1n) is 9.55. The van der Waals surface area contributed by atoms with E-state index < -0.39 is 9.84 Å². The smallest absolute Gasteiger partial charge is 0.228 e. The summed E-state index contributed by atoms with van der Waals surface area (Å²) < 4.78 is 23.7. The van der Waals surface area contributed by atoms with Crippen molar-refractivity contribution >= 4 is 38.4 Å². The Labute approximate surface area is 179 Å². The molecule has 5 nitrogen and oxygen atoms in total. The summed E-state index contributed by atoms with van der Waals surface area (Å²) in [5.41, 5.74) is 1.88. The zero-order valence-electron chi connectivity index (χ0n) is 16.1. The monoisotopic (exact) mass is 446 g/mol. The van der Waals surface area contributed by atoms with Gasteiger partial charge in [0, 0.05) is 23.0 Å². The molecule has 0 radical (unpaired) electrons. The molecule has 1 aliphatic heterocycles. The molecular weight excluding hydrogens is 424 g/mol. The van der Waals surface area contributed by atoms with Crippen LogP contribution in [0.4, 0.5) is 0 Å². The van der Waals surface area contributed by atoms with Gasteiger partial charge in [-0.2, -0.15) is 0 Å². The number of amides is 1. The largest absolute Gasteiger partial charge is 0.339 e. The lowest BCUT2D eigenvalue weighted by Gasteiger charge is -2.26. The van der Waals surface area contributed by atoms with E-state index in [1.54, 1.807) is 16.2 Å². The molecule has 29 heavy (non-hydrogen) atoms. The lowest BCUT2D eigenvalue weighted by atomic mass is 10.1. The van der Waals surface area contributed by atoms with Gasteiger partial charge < -0.3 is 4.90 Å². The van der Waals surface area contributed by atoms with E-state index in [1.807, 2.05) is 54.8 Å². The second kappa shape index (κ2) is 8.38. The van der Waals surface area contributed by atoms with Gasteiger partial charge in [0.2, 0.25) is 5.91 Å². The van der Waals surface area contributed by atoms with Crippen molar-refractivity contribution in [3.05, 3.63) is 52.7 Å². The Bertz CT molecular complexity index is 1090. The highest BCUT2D eigenvalue weighted by molar-refractivity contribution is 7.91. The van der Waals surface area contributed by atoms with Crippen molar-refractivity contribution in [2.45, 2.75) is 25.8 Å². The summed E-state index contributed by atoms with van der Waals surface area (Å²) in [7, 11) is -3.03. The first-order chi connectivity index (χ1) is 14.0. The molecule has 1 amide bonds. The maximum Gasteiger partial charge on any atom is 0.228 e. The average Bonchev–Trinajstić information content (AvgIpc) is 3.43. The number of hydrogen-bond acceptors (Lipinski definition) is 6. The standard InChI is InChI=1S/C21H22N2O3S3/c1-2-23(16-10-12-29(25,26)14-16)19(24)13-18-20(17-9-6-11-27-17)22-21(28-18)15-7-4-3-5-8-15/h3-9,11,16H,2,10,12-14H2,1H3. The van der Waals surface area contributed by atoms with Crippen LogP contribution in [0.2, 0.25) is 0 Å². The second-order valence-electron chi connectivity index (χ2n) is 7.05. The fourth-order valence-electron chi connectivity index (χ4n) is 3.68. The van der Waals surface area contributed by atoms with Crippen molar-refractivity contribution in [3.8, 4) is 21.1 Å². The third kappa shape index (κ3) is 4.44. The number of hydrogen-bond donors (Lipinski definition) is 0. The Balaban J connectivity index is 1.63. The van der Waals surface area contributed by atoms with Crippen LogP contribution in [0.5, 0.6) is 0 Å². The maximum atomic E-state index is 13.1. The van der Waals surface area contributed by atoms with Crippen molar-refractivity contribution in [2.75, 3.05) is 18.1 Å². The number of rotatable bonds is 6. The molecule has 1 fully saturated rings. The fraction of sp³-hybridized carbons (Fsp3) is 0.333. The van der Waals surface area contributed by atoms with E-state index >= 15 is 0 Å². The second-order valence-corrected chi connectivity index (χ2v) is 11.3. The number of carbonyl (C=O) groups is 1. The Morgan fingerprint density at radius 2 is 2.00 bits per heavy atom. The first kappa shape index (κ1) is 20.3. The molecule has 1 aromatic carbocycles. The summed E-state index contributed by atoms with van der Waals surface area (Å²) in [6.07, 6.45) is 0.764. The van der Waals surface area contributed by atoms with Crippen LogP contribution in [0.1, 0.15) is 18.2 Å². The molecular formula is C21H22N2O3S3. The lowest BCUT2D eigenvalue weighted by molar-refractivity contribution is -0.132. The van der Waals surface area contributed by atoms with Crippen LogP contribution in [0, 0.1) is 0 Å². The normalized spacial score (nSPS) is 18.0. The minimum Gasteiger partial charge on any atom is -0.339 e. The minimum atomic E-state index is -3.03. The Kier molecular flexibility index (Phi) is 5.85. The van der Waals surface area contributed by atoms with Gasteiger partial charge in [-0.25, -0.2) is 13.4 Å². The highest BCUT2D eigenvalue weighted by Gasteiger charge is 2.34. The molecule has 1 unspecified atom stereocenters. The maximum absolute atomic E-state index is 13.1. The molecule has 8 heteroatoms. The molecule has 2 aromatic heterocycles. The van der Waals surface area contributed by atoms with E-state index in [4.69, 9.17) is 4.98 Å². The van der Waals surface area contributed by atoms with Crippen molar-refractivity contribution in [3.63, 3.8) is 0 Å². The predicted molar refractivity (Wildman–Crippen MR) is 119 cm³/mol. The van der Waals surface area contributed by atoms with Crippen molar-refractivity contribution in [2.24, 2.45) is 0 Å². The third-order valence-corrected chi connectivity index (χ3v) is 8.83. The van der Waals surface area contributed by atoms with Crippen LogP contribution >= 0.6 is 22.7 Å². The number of nitrogens with zero attached hydrogens (tertiary/aromatic N) is 2. The van der Waals surface area contributed by atoms with E-state index in [0.29, 0.717) is 13.0 Å². The molecule has 0 bridgehead atoms. The van der Waals surface area contributed by atoms with Crippen LogP contribution in [0.15, 0.2) is 47.8 Å². The summed E-state index contributed by atoms with van der Waals surface area (Å²) in [4.78, 5) is 21.7.